The van der Waals surface area contributed by atoms with E-state index in [0.29, 0.717) is 23.3 Å². The van der Waals surface area contributed by atoms with Crippen molar-refractivity contribution < 1.29 is 20.1 Å². The molecule has 136 valence electrons. The SMILES string of the molecule is CC1(C)CCC[C@@]2(C)[C@H](CC/C(=C/C(=O)O)CO)C(CO)=CC[C@H]12. The first-order valence-corrected chi connectivity index (χ1v) is 9.07. The third-order valence-electron chi connectivity index (χ3n) is 6.60. The fraction of sp³-hybridized carbons (Fsp3) is 0.750. The molecule has 0 heterocycles. The average molecular weight is 336 g/mol. The van der Waals surface area contributed by atoms with Gasteiger partial charge < -0.3 is 15.3 Å². The molecule has 0 spiro atoms. The topological polar surface area (TPSA) is 77.8 Å². The molecule has 4 nitrogen and oxygen atoms in total. The molecular weight excluding hydrogens is 304 g/mol. The Morgan fingerprint density at radius 2 is 2.00 bits per heavy atom. The van der Waals surface area contributed by atoms with Gasteiger partial charge in [-0.3, -0.25) is 0 Å². The van der Waals surface area contributed by atoms with Crippen LogP contribution in [0.1, 0.15) is 59.3 Å². The quantitative estimate of drug-likeness (QED) is 0.512. The van der Waals surface area contributed by atoms with Crippen molar-refractivity contribution in [2.45, 2.75) is 59.3 Å². The van der Waals surface area contributed by atoms with Crippen LogP contribution in [0, 0.1) is 22.7 Å². The fourth-order valence-electron chi connectivity index (χ4n) is 5.40. The number of fused-ring (bicyclic) bond motifs is 1. The first kappa shape index (κ1) is 19.2. The minimum absolute atomic E-state index is 0.0739. The number of carbonyl (C=O) groups is 1. The largest absolute Gasteiger partial charge is 0.478 e. The van der Waals surface area contributed by atoms with E-state index in [4.69, 9.17) is 5.11 Å². The predicted molar refractivity (Wildman–Crippen MR) is 94.5 cm³/mol. The van der Waals surface area contributed by atoms with Crippen LogP contribution in [-0.2, 0) is 4.79 Å². The van der Waals surface area contributed by atoms with E-state index in [1.807, 2.05) is 0 Å². The van der Waals surface area contributed by atoms with Crippen LogP contribution in [0.3, 0.4) is 0 Å². The molecule has 0 bridgehead atoms. The highest BCUT2D eigenvalue weighted by atomic mass is 16.4. The molecular formula is C20H32O4. The summed E-state index contributed by atoms with van der Waals surface area (Å²) < 4.78 is 0. The Kier molecular flexibility index (Phi) is 5.92. The molecule has 0 aromatic rings. The minimum Gasteiger partial charge on any atom is -0.478 e. The van der Waals surface area contributed by atoms with E-state index in [1.54, 1.807) is 0 Å². The summed E-state index contributed by atoms with van der Waals surface area (Å²) in [6.45, 7) is 6.92. The van der Waals surface area contributed by atoms with Gasteiger partial charge in [-0.25, -0.2) is 4.79 Å². The monoisotopic (exact) mass is 336 g/mol. The lowest BCUT2D eigenvalue weighted by atomic mass is 9.48. The molecule has 1 fully saturated rings. The number of carboxylic acid groups (broad SMARTS) is 1. The van der Waals surface area contributed by atoms with Crippen molar-refractivity contribution >= 4 is 5.97 Å². The average Bonchev–Trinajstić information content (AvgIpc) is 2.50. The van der Waals surface area contributed by atoms with Gasteiger partial charge in [0.05, 0.1) is 13.2 Å². The van der Waals surface area contributed by atoms with Gasteiger partial charge in [0, 0.05) is 6.08 Å². The highest BCUT2D eigenvalue weighted by Gasteiger charge is 2.51. The van der Waals surface area contributed by atoms with Crippen LogP contribution in [0.4, 0.5) is 0 Å². The summed E-state index contributed by atoms with van der Waals surface area (Å²) in [5.74, 6) is -0.173. The molecule has 4 heteroatoms. The zero-order chi connectivity index (χ0) is 18.0. The van der Waals surface area contributed by atoms with E-state index >= 15 is 0 Å². The van der Waals surface area contributed by atoms with Gasteiger partial charge in [-0.1, -0.05) is 33.3 Å². The van der Waals surface area contributed by atoms with Gasteiger partial charge in [-0.05, 0) is 65.9 Å². The molecule has 0 amide bonds. The van der Waals surface area contributed by atoms with Crippen LogP contribution >= 0.6 is 0 Å². The third kappa shape index (κ3) is 3.75. The maximum absolute atomic E-state index is 10.9. The first-order valence-electron chi connectivity index (χ1n) is 9.07. The summed E-state index contributed by atoms with van der Waals surface area (Å²) in [5.41, 5.74) is 2.08. The molecule has 0 aliphatic heterocycles. The van der Waals surface area contributed by atoms with E-state index in [2.05, 4.69) is 26.8 Å². The van der Waals surface area contributed by atoms with Crippen LogP contribution in [0.25, 0.3) is 0 Å². The van der Waals surface area contributed by atoms with Gasteiger partial charge in [-0.2, -0.15) is 0 Å². The molecule has 3 atom stereocenters. The van der Waals surface area contributed by atoms with Gasteiger partial charge in [-0.15, -0.1) is 0 Å². The lowest BCUT2D eigenvalue weighted by molar-refractivity contribution is -0.131. The molecule has 2 aliphatic carbocycles. The van der Waals surface area contributed by atoms with Crippen LogP contribution < -0.4 is 0 Å². The summed E-state index contributed by atoms with van der Waals surface area (Å²) in [7, 11) is 0. The van der Waals surface area contributed by atoms with E-state index < -0.39 is 5.97 Å². The van der Waals surface area contributed by atoms with Crippen LogP contribution in [0.2, 0.25) is 0 Å². The Morgan fingerprint density at radius 1 is 1.29 bits per heavy atom. The molecule has 0 radical (unpaired) electrons. The third-order valence-corrected chi connectivity index (χ3v) is 6.60. The van der Waals surface area contributed by atoms with Crippen LogP contribution in [0.5, 0.6) is 0 Å². The number of carboxylic acids is 1. The standard InChI is InChI=1S/C20H32O4/c1-19(2)9-4-10-20(3)16(15(13-22)6-8-17(19)20)7-5-14(12-21)11-18(23)24/h6,11,16-17,21-22H,4-5,7-10,12-13H2,1-3H3,(H,23,24)/b14-11-/t16-,17-,20+/m1/s1. The second-order valence-corrected chi connectivity index (χ2v) is 8.46. The Balaban J connectivity index is 2.26. The second kappa shape index (κ2) is 7.40. The number of allylic oxidation sites excluding steroid dienone is 1. The van der Waals surface area contributed by atoms with Gasteiger partial charge in [0.25, 0.3) is 0 Å². The number of aliphatic carboxylic acids is 1. The summed E-state index contributed by atoms with van der Waals surface area (Å²) in [4.78, 5) is 10.9. The molecule has 1 saturated carbocycles. The Labute approximate surface area is 145 Å². The minimum atomic E-state index is -1.01. The fourth-order valence-corrected chi connectivity index (χ4v) is 5.40. The van der Waals surface area contributed by atoms with Gasteiger partial charge >= 0.3 is 5.97 Å². The van der Waals surface area contributed by atoms with Crippen molar-refractivity contribution in [3.8, 4) is 0 Å². The van der Waals surface area contributed by atoms with Crippen molar-refractivity contribution in [2.24, 2.45) is 22.7 Å². The number of rotatable bonds is 6. The molecule has 0 unspecified atom stereocenters. The Hall–Kier alpha value is -1.13. The van der Waals surface area contributed by atoms with Gasteiger partial charge in [0.15, 0.2) is 0 Å². The van der Waals surface area contributed by atoms with Crippen molar-refractivity contribution in [1.82, 2.24) is 0 Å². The molecule has 0 aromatic carbocycles. The highest BCUT2D eigenvalue weighted by molar-refractivity contribution is 5.80. The normalized spacial score (nSPS) is 32.9. The van der Waals surface area contributed by atoms with Gasteiger partial charge in [0.1, 0.15) is 0 Å². The summed E-state index contributed by atoms with van der Waals surface area (Å²) in [6.07, 6.45) is 9.30. The van der Waals surface area contributed by atoms with Crippen molar-refractivity contribution in [1.29, 1.82) is 0 Å². The molecule has 2 aliphatic rings. The van der Waals surface area contributed by atoms with Crippen LogP contribution in [-0.4, -0.2) is 34.5 Å². The second-order valence-electron chi connectivity index (χ2n) is 8.46. The molecule has 0 saturated heterocycles. The molecule has 0 aromatic heterocycles. The number of aliphatic hydroxyl groups excluding tert-OH is 2. The molecule has 2 rings (SSSR count). The zero-order valence-corrected chi connectivity index (χ0v) is 15.2. The first-order chi connectivity index (χ1) is 11.2. The smallest absolute Gasteiger partial charge is 0.328 e. The molecule has 3 N–H and O–H groups in total. The van der Waals surface area contributed by atoms with Crippen molar-refractivity contribution in [2.75, 3.05) is 13.2 Å². The predicted octanol–water partition coefficient (Wildman–Crippen LogP) is 3.54. The maximum Gasteiger partial charge on any atom is 0.328 e. The molecule has 24 heavy (non-hydrogen) atoms. The number of aliphatic hydroxyl groups is 2. The summed E-state index contributed by atoms with van der Waals surface area (Å²) in [6, 6.07) is 0. The van der Waals surface area contributed by atoms with Crippen molar-refractivity contribution in [3.05, 3.63) is 23.3 Å². The van der Waals surface area contributed by atoms with Gasteiger partial charge in [0.2, 0.25) is 0 Å². The van der Waals surface area contributed by atoms with E-state index in [0.717, 1.165) is 30.9 Å². The lowest BCUT2D eigenvalue weighted by Gasteiger charge is -2.57. The highest BCUT2D eigenvalue weighted by Crippen LogP contribution is 2.60. The van der Waals surface area contributed by atoms with E-state index in [1.165, 1.54) is 12.8 Å². The van der Waals surface area contributed by atoms with Crippen molar-refractivity contribution in [3.63, 3.8) is 0 Å². The number of hydrogen-bond acceptors (Lipinski definition) is 3. The van der Waals surface area contributed by atoms with E-state index in [-0.39, 0.29) is 24.5 Å². The Morgan fingerprint density at radius 3 is 2.58 bits per heavy atom. The summed E-state index contributed by atoms with van der Waals surface area (Å²) >= 11 is 0. The lowest BCUT2D eigenvalue weighted by Crippen LogP contribution is -2.49. The number of hydrogen-bond donors (Lipinski definition) is 3. The zero-order valence-electron chi connectivity index (χ0n) is 15.2. The summed E-state index contributed by atoms with van der Waals surface area (Å²) in [5, 5.41) is 28.2. The van der Waals surface area contributed by atoms with Crippen LogP contribution in [0.15, 0.2) is 23.3 Å². The van der Waals surface area contributed by atoms with E-state index in [9.17, 15) is 15.0 Å². The maximum atomic E-state index is 10.9. The Bertz CT molecular complexity index is 532.